The number of benzene rings is 3. The molecular formula is C31H28Cl3NO5. The SMILES string of the molecule is COC(=O)c1cccc([C@H]2C[C@](O)(c3ccc(OCC4C(c5c(Cl)cccc5Cl)=NOC4C4CC4)cc3Cl)C2)c1. The molecule has 6 nitrogen and oxygen atoms in total. The third kappa shape index (κ3) is 5.18. The van der Waals surface area contributed by atoms with Gasteiger partial charge in [-0.2, -0.15) is 0 Å². The van der Waals surface area contributed by atoms with Gasteiger partial charge in [-0.1, -0.05) is 64.2 Å². The molecule has 2 saturated carbocycles. The Morgan fingerprint density at radius 3 is 2.42 bits per heavy atom. The van der Waals surface area contributed by atoms with E-state index in [0.29, 0.717) is 68.6 Å². The molecule has 208 valence electrons. The van der Waals surface area contributed by atoms with Crippen LogP contribution in [0.15, 0.2) is 65.8 Å². The van der Waals surface area contributed by atoms with Crippen molar-refractivity contribution in [3.05, 3.63) is 98.0 Å². The number of hydrogen-bond acceptors (Lipinski definition) is 6. The molecule has 2 unspecified atom stereocenters. The lowest BCUT2D eigenvalue weighted by Crippen LogP contribution is -2.40. The number of carbonyl (C=O) groups is 1. The Morgan fingerprint density at radius 1 is 1.02 bits per heavy atom. The molecule has 6 rings (SSSR count). The Morgan fingerprint density at radius 2 is 1.75 bits per heavy atom. The van der Waals surface area contributed by atoms with Crippen molar-refractivity contribution >= 4 is 46.5 Å². The third-order valence-corrected chi connectivity index (χ3v) is 9.09. The molecule has 3 aromatic carbocycles. The fourth-order valence-electron chi connectivity index (χ4n) is 5.80. The molecule has 9 heteroatoms. The largest absolute Gasteiger partial charge is 0.493 e. The first kappa shape index (κ1) is 27.4. The molecule has 0 amide bonds. The molecule has 0 bridgehead atoms. The summed E-state index contributed by atoms with van der Waals surface area (Å²) in [6.07, 6.45) is 3.08. The van der Waals surface area contributed by atoms with Crippen LogP contribution in [0, 0.1) is 11.8 Å². The summed E-state index contributed by atoms with van der Waals surface area (Å²) in [5.41, 5.74) is 2.46. The number of halogens is 3. The fraction of sp³-hybridized carbons (Fsp3) is 0.355. The number of hydrogen-bond donors (Lipinski definition) is 1. The van der Waals surface area contributed by atoms with Crippen molar-refractivity contribution in [1.29, 1.82) is 0 Å². The van der Waals surface area contributed by atoms with Gasteiger partial charge in [-0.25, -0.2) is 4.79 Å². The predicted octanol–water partition coefficient (Wildman–Crippen LogP) is 7.41. The monoisotopic (exact) mass is 599 g/mol. The molecule has 40 heavy (non-hydrogen) atoms. The van der Waals surface area contributed by atoms with E-state index in [1.54, 1.807) is 30.3 Å². The molecule has 3 aromatic rings. The maximum absolute atomic E-state index is 11.9. The van der Waals surface area contributed by atoms with E-state index in [4.69, 9.17) is 49.1 Å². The van der Waals surface area contributed by atoms with Crippen molar-refractivity contribution in [3.63, 3.8) is 0 Å². The lowest BCUT2D eigenvalue weighted by Gasteiger charge is -2.45. The molecule has 1 aliphatic heterocycles. The summed E-state index contributed by atoms with van der Waals surface area (Å²) in [4.78, 5) is 17.7. The molecule has 0 saturated heterocycles. The van der Waals surface area contributed by atoms with E-state index in [2.05, 4.69) is 5.16 Å². The molecule has 0 aromatic heterocycles. The molecule has 2 fully saturated rings. The van der Waals surface area contributed by atoms with Crippen molar-refractivity contribution in [2.24, 2.45) is 17.0 Å². The standard InChI is InChI=1S/C31H28Cl3NO5/c1-38-30(36)19-5-2-4-18(12-19)20-14-31(37,15-20)23-11-10-21(13-26(23)34)39-16-22-28(35-40-29(22)17-8-9-17)27-24(32)6-3-7-25(27)33/h2-7,10-13,17,20,22,29,37H,8-9,14-16H2,1H3/t20-,22?,29?,31+. The molecule has 2 atom stereocenters. The molecule has 1 heterocycles. The minimum Gasteiger partial charge on any atom is -0.493 e. The topological polar surface area (TPSA) is 77.4 Å². The molecule has 0 spiro atoms. The first-order valence-electron chi connectivity index (χ1n) is 13.3. The summed E-state index contributed by atoms with van der Waals surface area (Å²) in [5, 5.41) is 17.2. The smallest absolute Gasteiger partial charge is 0.337 e. The number of oxime groups is 1. The minimum atomic E-state index is -1.06. The summed E-state index contributed by atoms with van der Waals surface area (Å²) in [7, 11) is 1.36. The van der Waals surface area contributed by atoms with E-state index >= 15 is 0 Å². The zero-order chi connectivity index (χ0) is 28.0. The van der Waals surface area contributed by atoms with Crippen LogP contribution in [0.25, 0.3) is 0 Å². The molecule has 0 radical (unpaired) electrons. The van der Waals surface area contributed by atoms with Gasteiger partial charge < -0.3 is 19.4 Å². The fourth-order valence-corrected chi connectivity index (χ4v) is 6.74. The van der Waals surface area contributed by atoms with Gasteiger partial charge in [0.1, 0.15) is 24.2 Å². The summed E-state index contributed by atoms with van der Waals surface area (Å²) in [6, 6.07) is 18.1. The van der Waals surface area contributed by atoms with E-state index < -0.39 is 5.60 Å². The van der Waals surface area contributed by atoms with Crippen molar-refractivity contribution in [2.45, 2.75) is 43.3 Å². The molecule has 3 aliphatic rings. The maximum Gasteiger partial charge on any atom is 0.337 e. The van der Waals surface area contributed by atoms with Crippen LogP contribution in [0.2, 0.25) is 15.1 Å². The van der Waals surface area contributed by atoms with Crippen molar-refractivity contribution in [3.8, 4) is 5.75 Å². The normalized spacial score (nSPS) is 25.5. The van der Waals surface area contributed by atoms with Gasteiger partial charge in [0.2, 0.25) is 0 Å². The van der Waals surface area contributed by atoms with Crippen molar-refractivity contribution < 1.29 is 24.2 Å². The highest BCUT2D eigenvalue weighted by Crippen LogP contribution is 2.53. The summed E-state index contributed by atoms with van der Waals surface area (Å²) in [5.74, 6) is 0.607. The van der Waals surface area contributed by atoms with Crippen LogP contribution in [0.1, 0.15) is 58.6 Å². The second kappa shape index (κ2) is 10.9. The van der Waals surface area contributed by atoms with Crippen LogP contribution in [0.5, 0.6) is 5.75 Å². The van der Waals surface area contributed by atoms with Crippen LogP contribution in [-0.4, -0.2) is 36.6 Å². The number of nitrogens with zero attached hydrogens (tertiary/aromatic N) is 1. The van der Waals surface area contributed by atoms with Gasteiger partial charge in [0.15, 0.2) is 0 Å². The van der Waals surface area contributed by atoms with E-state index in [0.717, 1.165) is 18.4 Å². The van der Waals surface area contributed by atoms with Crippen LogP contribution >= 0.6 is 34.8 Å². The average Bonchev–Trinajstić information content (AvgIpc) is 3.69. The van der Waals surface area contributed by atoms with Crippen LogP contribution in [-0.2, 0) is 15.2 Å². The van der Waals surface area contributed by atoms with E-state index in [1.807, 2.05) is 30.3 Å². The highest BCUT2D eigenvalue weighted by molar-refractivity contribution is 6.40. The van der Waals surface area contributed by atoms with E-state index in [1.165, 1.54) is 7.11 Å². The first-order chi connectivity index (χ1) is 19.3. The highest BCUT2D eigenvalue weighted by Gasteiger charge is 2.47. The number of rotatable bonds is 8. The quantitative estimate of drug-likeness (QED) is 0.273. The zero-order valence-corrected chi connectivity index (χ0v) is 24.0. The number of aliphatic hydroxyl groups is 1. The molecular weight excluding hydrogens is 573 g/mol. The van der Waals surface area contributed by atoms with Gasteiger partial charge in [-0.3, -0.25) is 0 Å². The molecule has 2 aliphatic carbocycles. The van der Waals surface area contributed by atoms with Gasteiger partial charge in [-0.05, 0) is 79.5 Å². The number of carbonyl (C=O) groups excluding carboxylic acids is 1. The lowest BCUT2D eigenvalue weighted by molar-refractivity contribution is -0.0549. The minimum absolute atomic E-state index is 0.0950. The third-order valence-electron chi connectivity index (χ3n) is 8.14. The number of ether oxygens (including phenoxy) is 2. The van der Waals surface area contributed by atoms with Crippen LogP contribution < -0.4 is 4.74 Å². The second-order valence-corrected chi connectivity index (χ2v) is 12.0. The zero-order valence-electron chi connectivity index (χ0n) is 21.8. The Labute approximate surface area is 247 Å². The predicted molar refractivity (Wildman–Crippen MR) is 155 cm³/mol. The average molecular weight is 601 g/mol. The van der Waals surface area contributed by atoms with Gasteiger partial charge in [0.25, 0.3) is 0 Å². The summed E-state index contributed by atoms with van der Waals surface area (Å²) < 4.78 is 11.0. The Bertz CT molecular complexity index is 1460. The number of methoxy groups -OCH3 is 1. The van der Waals surface area contributed by atoms with Crippen molar-refractivity contribution in [2.75, 3.05) is 13.7 Å². The highest BCUT2D eigenvalue weighted by atomic mass is 35.5. The summed E-state index contributed by atoms with van der Waals surface area (Å²) >= 11 is 19.7. The van der Waals surface area contributed by atoms with Gasteiger partial charge in [-0.15, -0.1) is 0 Å². The Balaban J connectivity index is 1.15. The second-order valence-electron chi connectivity index (χ2n) is 10.8. The van der Waals surface area contributed by atoms with Gasteiger partial charge in [0, 0.05) is 11.1 Å². The van der Waals surface area contributed by atoms with E-state index in [9.17, 15) is 9.90 Å². The Kier molecular flexibility index (Phi) is 7.47. The van der Waals surface area contributed by atoms with E-state index in [-0.39, 0.29) is 23.9 Å². The lowest BCUT2D eigenvalue weighted by atomic mass is 9.65. The molecule has 1 N–H and O–H groups in total. The van der Waals surface area contributed by atoms with Crippen LogP contribution in [0.4, 0.5) is 0 Å². The Hall–Kier alpha value is -2.77. The first-order valence-corrected chi connectivity index (χ1v) is 14.4. The number of esters is 1. The maximum atomic E-state index is 11.9. The van der Waals surface area contributed by atoms with Gasteiger partial charge >= 0.3 is 5.97 Å². The summed E-state index contributed by atoms with van der Waals surface area (Å²) in [6.45, 7) is 0.320. The van der Waals surface area contributed by atoms with Crippen molar-refractivity contribution in [1.82, 2.24) is 0 Å². The van der Waals surface area contributed by atoms with Gasteiger partial charge in [0.05, 0.1) is 39.3 Å². The van der Waals surface area contributed by atoms with Crippen LogP contribution in [0.3, 0.4) is 0 Å².